The van der Waals surface area contributed by atoms with Crippen LogP contribution in [0.25, 0.3) is 0 Å². The largest absolute Gasteiger partial charge is 0.480 e. The van der Waals surface area contributed by atoms with Gasteiger partial charge >= 0.3 is 5.97 Å². The maximum atomic E-state index is 12.2. The normalized spacial score (nSPS) is 13.7. The van der Waals surface area contributed by atoms with Crippen LogP contribution >= 0.6 is 0 Å². The fourth-order valence-electron chi connectivity index (χ4n) is 1.81. The van der Waals surface area contributed by atoms with Crippen molar-refractivity contribution >= 4 is 26.0 Å². The van der Waals surface area contributed by atoms with Crippen molar-refractivity contribution in [3.63, 3.8) is 0 Å². The number of hydrogen-bond acceptors (Lipinski definition) is 5. The molecule has 130 valence electrons. The lowest BCUT2D eigenvalue weighted by Crippen LogP contribution is -2.40. The summed E-state index contributed by atoms with van der Waals surface area (Å²) in [7, 11) is -6.48. The van der Waals surface area contributed by atoms with Crippen LogP contribution in [-0.4, -0.2) is 41.0 Å². The first kappa shape index (κ1) is 19.6. The van der Waals surface area contributed by atoms with Crippen LogP contribution in [0.2, 0.25) is 0 Å². The van der Waals surface area contributed by atoms with Crippen LogP contribution in [0.3, 0.4) is 0 Å². The van der Waals surface area contributed by atoms with Crippen molar-refractivity contribution in [1.82, 2.24) is 9.44 Å². The van der Waals surface area contributed by atoms with E-state index in [-0.39, 0.29) is 16.2 Å². The first-order valence-corrected chi connectivity index (χ1v) is 9.89. The summed E-state index contributed by atoms with van der Waals surface area (Å²) in [5, 5.41) is 9.08. The smallest absolute Gasteiger partial charge is 0.321 e. The van der Waals surface area contributed by atoms with E-state index in [1.807, 2.05) is 6.92 Å². The van der Waals surface area contributed by atoms with Gasteiger partial charge in [0.25, 0.3) is 0 Å². The molecule has 10 heteroatoms. The summed E-state index contributed by atoms with van der Waals surface area (Å²) in [6, 6.07) is 3.29. The average molecular weight is 364 g/mol. The highest BCUT2D eigenvalue weighted by molar-refractivity contribution is 7.90. The molecule has 0 saturated heterocycles. The number of hydrogen-bond donors (Lipinski definition) is 3. The molecule has 0 heterocycles. The zero-order valence-corrected chi connectivity index (χ0v) is 14.4. The van der Waals surface area contributed by atoms with Crippen molar-refractivity contribution in [2.45, 2.75) is 42.0 Å². The van der Waals surface area contributed by atoms with E-state index in [1.54, 1.807) is 0 Å². The lowest BCUT2D eigenvalue weighted by molar-refractivity contribution is -0.139. The molecule has 1 atom stereocenters. The Kier molecular flexibility index (Phi) is 6.69. The Bertz CT molecular complexity index is 741. The predicted molar refractivity (Wildman–Crippen MR) is 84.0 cm³/mol. The molecule has 1 rings (SSSR count). The van der Waals surface area contributed by atoms with Crippen LogP contribution in [0, 0.1) is 0 Å². The van der Waals surface area contributed by atoms with Crippen LogP contribution in [0.15, 0.2) is 34.1 Å². The van der Waals surface area contributed by atoms with Gasteiger partial charge in [-0.25, -0.2) is 21.6 Å². The molecule has 0 spiro atoms. The molecule has 1 unspecified atom stereocenters. The number of carbonyl (C=O) groups is 1. The highest BCUT2D eigenvalue weighted by atomic mass is 32.2. The lowest BCUT2D eigenvalue weighted by Gasteiger charge is -2.14. The number of benzene rings is 1. The van der Waals surface area contributed by atoms with Gasteiger partial charge in [0.2, 0.25) is 20.0 Å². The highest BCUT2D eigenvalue weighted by Crippen LogP contribution is 2.15. The monoisotopic (exact) mass is 364 g/mol. The first-order valence-electron chi connectivity index (χ1n) is 6.92. The summed E-state index contributed by atoms with van der Waals surface area (Å²) in [6.07, 6.45) is 1.48. The quantitative estimate of drug-likeness (QED) is 0.585. The third kappa shape index (κ3) is 5.27. The van der Waals surface area contributed by atoms with Crippen LogP contribution in [0.5, 0.6) is 0 Å². The molecule has 1 aromatic rings. The topological polar surface area (TPSA) is 130 Å². The molecular formula is C13H20N2O6S2. The summed E-state index contributed by atoms with van der Waals surface area (Å²) in [4.78, 5) is 10.8. The molecule has 0 radical (unpaired) electrons. The van der Waals surface area contributed by atoms with E-state index >= 15 is 0 Å². The zero-order valence-electron chi connectivity index (χ0n) is 12.8. The van der Waals surface area contributed by atoms with E-state index in [0.29, 0.717) is 6.42 Å². The second-order valence-corrected chi connectivity index (χ2v) is 8.43. The van der Waals surface area contributed by atoms with E-state index in [2.05, 4.69) is 9.44 Å². The number of unbranched alkanes of at least 4 members (excludes halogenated alkanes) is 1. The van der Waals surface area contributed by atoms with Gasteiger partial charge in [-0.3, -0.25) is 4.79 Å². The minimum absolute atomic E-state index is 0.0836. The van der Waals surface area contributed by atoms with E-state index < -0.39 is 32.1 Å². The van der Waals surface area contributed by atoms with E-state index in [9.17, 15) is 21.6 Å². The molecule has 3 N–H and O–H groups in total. The van der Waals surface area contributed by atoms with E-state index in [4.69, 9.17) is 5.11 Å². The third-order valence-electron chi connectivity index (χ3n) is 3.15. The third-order valence-corrected chi connectivity index (χ3v) is 6.07. The van der Waals surface area contributed by atoms with Crippen LogP contribution < -0.4 is 9.44 Å². The number of carboxylic acid groups (broad SMARTS) is 1. The zero-order chi connectivity index (χ0) is 17.7. The fourth-order valence-corrected chi connectivity index (χ4v) is 3.77. The summed E-state index contributed by atoms with van der Waals surface area (Å²) >= 11 is 0. The molecule has 8 nitrogen and oxygen atoms in total. The Morgan fingerprint density at radius 1 is 1.09 bits per heavy atom. The average Bonchev–Trinajstić information content (AvgIpc) is 2.51. The van der Waals surface area contributed by atoms with Crippen molar-refractivity contribution < 1.29 is 26.7 Å². The van der Waals surface area contributed by atoms with Gasteiger partial charge in [-0.15, -0.1) is 0 Å². The van der Waals surface area contributed by atoms with Gasteiger partial charge in [-0.2, -0.15) is 4.72 Å². The van der Waals surface area contributed by atoms with Crippen molar-refractivity contribution in [1.29, 1.82) is 0 Å². The van der Waals surface area contributed by atoms with Gasteiger partial charge in [0, 0.05) is 0 Å². The van der Waals surface area contributed by atoms with Gasteiger partial charge in [0.05, 0.1) is 9.79 Å². The molecule has 0 fully saturated rings. The number of nitrogens with one attached hydrogen (secondary N) is 2. The molecule has 23 heavy (non-hydrogen) atoms. The van der Waals surface area contributed by atoms with Gasteiger partial charge in [0.1, 0.15) is 6.04 Å². The minimum Gasteiger partial charge on any atom is -0.480 e. The number of carboxylic acids is 1. The van der Waals surface area contributed by atoms with Crippen molar-refractivity contribution in [3.05, 3.63) is 24.3 Å². The minimum atomic E-state index is -4.05. The number of sulfonamides is 2. The summed E-state index contributed by atoms with van der Waals surface area (Å²) in [5.74, 6) is -1.25. The van der Waals surface area contributed by atoms with E-state index in [0.717, 1.165) is 30.7 Å². The summed E-state index contributed by atoms with van der Waals surface area (Å²) in [6.45, 7) is 1.87. The fraction of sp³-hybridized carbons (Fsp3) is 0.462. The Hall–Kier alpha value is -1.49. The number of rotatable bonds is 9. The standard InChI is InChI=1S/C13H20N2O6S2/c1-3-4-5-12(13(16)17)15-23(20,21)11-8-6-10(7-9-11)22(18,19)14-2/h6-9,12,14-15H,3-5H2,1-2H3,(H,16,17). The predicted octanol–water partition coefficient (Wildman–Crippen LogP) is 0.516. The van der Waals surface area contributed by atoms with Gasteiger partial charge in [-0.05, 0) is 37.7 Å². The van der Waals surface area contributed by atoms with Gasteiger partial charge in [-0.1, -0.05) is 19.8 Å². The Morgan fingerprint density at radius 3 is 1.96 bits per heavy atom. The molecule has 0 aromatic heterocycles. The molecule has 0 aliphatic carbocycles. The Morgan fingerprint density at radius 2 is 1.57 bits per heavy atom. The molecular weight excluding hydrogens is 344 g/mol. The highest BCUT2D eigenvalue weighted by Gasteiger charge is 2.25. The SMILES string of the molecule is CCCCC(NS(=O)(=O)c1ccc(S(=O)(=O)NC)cc1)C(=O)O. The molecule has 0 amide bonds. The Balaban J connectivity index is 3.02. The van der Waals surface area contributed by atoms with E-state index in [1.165, 1.54) is 7.05 Å². The Labute approximate surface area is 136 Å². The first-order chi connectivity index (χ1) is 10.6. The molecule has 1 aromatic carbocycles. The van der Waals surface area contributed by atoms with Crippen LogP contribution in [0.1, 0.15) is 26.2 Å². The summed E-state index contributed by atoms with van der Waals surface area (Å²) < 4.78 is 51.8. The molecule has 0 saturated carbocycles. The maximum Gasteiger partial charge on any atom is 0.321 e. The van der Waals surface area contributed by atoms with Crippen LogP contribution in [0.4, 0.5) is 0 Å². The lowest BCUT2D eigenvalue weighted by atomic mass is 10.1. The maximum absolute atomic E-state index is 12.2. The second-order valence-electron chi connectivity index (χ2n) is 4.83. The van der Waals surface area contributed by atoms with Gasteiger partial charge < -0.3 is 5.11 Å². The molecule has 0 bridgehead atoms. The second kappa shape index (κ2) is 7.86. The van der Waals surface area contributed by atoms with Crippen molar-refractivity contribution in [3.8, 4) is 0 Å². The summed E-state index contributed by atoms with van der Waals surface area (Å²) in [5.41, 5.74) is 0. The van der Waals surface area contributed by atoms with Crippen LogP contribution in [-0.2, 0) is 24.8 Å². The van der Waals surface area contributed by atoms with Crippen molar-refractivity contribution in [2.75, 3.05) is 7.05 Å². The molecule has 0 aliphatic rings. The molecule has 0 aliphatic heterocycles. The van der Waals surface area contributed by atoms with Crippen molar-refractivity contribution in [2.24, 2.45) is 0 Å². The van der Waals surface area contributed by atoms with Gasteiger partial charge in [0.15, 0.2) is 0 Å². The number of aliphatic carboxylic acids is 1.